The number of hydrogen-bond acceptors (Lipinski definition) is 5. The number of carbonyl (C=O) groups is 3. The van der Waals surface area contributed by atoms with E-state index in [4.69, 9.17) is 19.7 Å². The number of ketones is 1. The molecular formula is C24H22O7. The highest BCUT2D eigenvalue weighted by Crippen LogP contribution is 2.31. The average molecular weight is 422 g/mol. The molecule has 160 valence electrons. The van der Waals surface area contributed by atoms with Gasteiger partial charge >= 0.3 is 11.9 Å². The first-order valence-corrected chi connectivity index (χ1v) is 9.77. The lowest BCUT2D eigenvalue weighted by Crippen LogP contribution is -2.13. The van der Waals surface area contributed by atoms with E-state index in [9.17, 15) is 14.4 Å². The van der Waals surface area contributed by atoms with Crippen molar-refractivity contribution in [2.75, 3.05) is 13.2 Å². The lowest BCUT2D eigenvalue weighted by Gasteiger charge is -2.18. The molecular weight excluding hydrogens is 400 g/mol. The Balaban J connectivity index is 1.86. The summed E-state index contributed by atoms with van der Waals surface area (Å²) in [6.45, 7) is -0.932. The molecule has 7 nitrogen and oxygen atoms in total. The largest absolute Gasteiger partial charge is 0.481 e. The lowest BCUT2D eigenvalue weighted by molar-refractivity contribution is -0.140. The molecule has 0 aliphatic heterocycles. The van der Waals surface area contributed by atoms with Crippen LogP contribution in [0.25, 0.3) is 12.2 Å². The van der Waals surface area contributed by atoms with E-state index in [0.29, 0.717) is 46.6 Å². The highest BCUT2D eigenvalue weighted by atomic mass is 16.5. The first-order chi connectivity index (χ1) is 14.9. The van der Waals surface area contributed by atoms with Gasteiger partial charge in [-0.2, -0.15) is 0 Å². The predicted octanol–water partition coefficient (Wildman–Crippen LogP) is 3.83. The maximum atomic E-state index is 13.1. The molecule has 7 heteroatoms. The summed E-state index contributed by atoms with van der Waals surface area (Å²) in [5, 5.41) is 17.7. The minimum Gasteiger partial charge on any atom is -0.481 e. The van der Waals surface area contributed by atoms with Crippen LogP contribution in [0.1, 0.15) is 30.4 Å². The zero-order valence-electron chi connectivity index (χ0n) is 16.7. The third kappa shape index (κ3) is 6.05. The molecule has 3 rings (SSSR count). The SMILES string of the molecule is O=C(O)COc1ccccc1/C=C1/CCC/C(=C/c2ccccc2OCC(=O)O)C1=O. The van der Waals surface area contributed by atoms with E-state index >= 15 is 0 Å². The van der Waals surface area contributed by atoms with Crippen LogP contribution >= 0.6 is 0 Å². The summed E-state index contributed by atoms with van der Waals surface area (Å²) in [7, 11) is 0. The molecule has 0 bridgehead atoms. The van der Waals surface area contributed by atoms with Crippen molar-refractivity contribution in [2.45, 2.75) is 19.3 Å². The fourth-order valence-electron chi connectivity index (χ4n) is 3.29. The molecule has 1 aliphatic carbocycles. The van der Waals surface area contributed by atoms with E-state index in [1.165, 1.54) is 0 Å². The Kier molecular flexibility index (Phi) is 7.22. The van der Waals surface area contributed by atoms with E-state index in [0.717, 1.165) is 6.42 Å². The number of hydrogen-bond donors (Lipinski definition) is 2. The molecule has 2 N–H and O–H groups in total. The number of allylic oxidation sites excluding steroid dienone is 2. The van der Waals surface area contributed by atoms with Crippen molar-refractivity contribution in [2.24, 2.45) is 0 Å². The second kappa shape index (κ2) is 10.2. The Bertz CT molecular complexity index is 968. The monoisotopic (exact) mass is 422 g/mol. The zero-order chi connectivity index (χ0) is 22.2. The minimum absolute atomic E-state index is 0.104. The van der Waals surface area contributed by atoms with Crippen molar-refractivity contribution in [3.05, 3.63) is 70.8 Å². The van der Waals surface area contributed by atoms with Gasteiger partial charge in [0.2, 0.25) is 0 Å². The van der Waals surface area contributed by atoms with Gasteiger partial charge in [0.05, 0.1) is 0 Å². The van der Waals surface area contributed by atoms with Gasteiger partial charge in [-0.25, -0.2) is 9.59 Å². The summed E-state index contributed by atoms with van der Waals surface area (Å²) in [5.74, 6) is -1.47. The van der Waals surface area contributed by atoms with Gasteiger partial charge in [-0.15, -0.1) is 0 Å². The molecule has 1 aliphatic rings. The van der Waals surface area contributed by atoms with Crippen molar-refractivity contribution in [3.8, 4) is 11.5 Å². The molecule has 0 heterocycles. The molecule has 1 fully saturated rings. The van der Waals surface area contributed by atoms with Crippen LogP contribution in [-0.4, -0.2) is 41.1 Å². The summed E-state index contributed by atoms with van der Waals surface area (Å²) in [5.41, 5.74) is 2.48. The van der Waals surface area contributed by atoms with Crippen molar-refractivity contribution in [3.63, 3.8) is 0 Å². The number of rotatable bonds is 8. The topological polar surface area (TPSA) is 110 Å². The van der Waals surface area contributed by atoms with E-state index in [2.05, 4.69) is 0 Å². The number of carbonyl (C=O) groups excluding carboxylic acids is 1. The van der Waals surface area contributed by atoms with Crippen molar-refractivity contribution in [1.82, 2.24) is 0 Å². The van der Waals surface area contributed by atoms with E-state index in [1.54, 1.807) is 60.7 Å². The molecule has 0 spiro atoms. The highest BCUT2D eigenvalue weighted by molar-refractivity contribution is 6.14. The van der Waals surface area contributed by atoms with Gasteiger partial charge in [0.1, 0.15) is 11.5 Å². The van der Waals surface area contributed by atoms with Gasteiger partial charge in [0, 0.05) is 22.3 Å². The summed E-state index contributed by atoms with van der Waals surface area (Å²) >= 11 is 0. The molecule has 0 aromatic heterocycles. The van der Waals surface area contributed by atoms with Crippen molar-refractivity contribution in [1.29, 1.82) is 0 Å². The standard InChI is InChI=1S/C24H22O7/c25-22(26)14-30-20-10-3-1-6-16(20)12-18-8-5-9-19(24(18)29)13-17-7-2-4-11-21(17)31-15-23(27)28/h1-4,6-7,10-13H,5,8-9,14-15H2,(H,25,26)(H,27,28)/b18-12-,19-13-. The summed E-state index contributed by atoms with van der Waals surface area (Å²) < 4.78 is 10.7. The first kappa shape index (κ1) is 21.8. The second-order valence-electron chi connectivity index (χ2n) is 6.96. The lowest BCUT2D eigenvalue weighted by atomic mass is 9.86. The van der Waals surface area contributed by atoms with Gasteiger partial charge in [0.25, 0.3) is 0 Å². The van der Waals surface area contributed by atoms with E-state index in [1.807, 2.05) is 0 Å². The quantitative estimate of drug-likeness (QED) is 0.622. The number of carboxylic acid groups (broad SMARTS) is 2. The summed E-state index contributed by atoms with van der Waals surface area (Å²) in [6.07, 6.45) is 5.44. The van der Waals surface area contributed by atoms with Crippen LogP contribution < -0.4 is 9.47 Å². The van der Waals surface area contributed by atoms with Gasteiger partial charge in [-0.05, 0) is 43.5 Å². The van der Waals surface area contributed by atoms with E-state index in [-0.39, 0.29) is 5.78 Å². The van der Waals surface area contributed by atoms with Gasteiger partial charge in [-0.3, -0.25) is 4.79 Å². The first-order valence-electron chi connectivity index (χ1n) is 9.77. The Morgan fingerprint density at radius 3 is 1.61 bits per heavy atom. The molecule has 2 aromatic carbocycles. The predicted molar refractivity (Wildman–Crippen MR) is 114 cm³/mol. The molecule has 2 aromatic rings. The Morgan fingerprint density at radius 2 is 1.19 bits per heavy atom. The number of benzene rings is 2. The number of carboxylic acids is 2. The smallest absolute Gasteiger partial charge is 0.341 e. The minimum atomic E-state index is -1.08. The summed E-state index contributed by atoms with van der Waals surface area (Å²) in [6, 6.07) is 13.9. The molecule has 31 heavy (non-hydrogen) atoms. The number of ether oxygens (including phenoxy) is 2. The maximum Gasteiger partial charge on any atom is 0.341 e. The summed E-state index contributed by atoms with van der Waals surface area (Å²) in [4.78, 5) is 34.7. The molecule has 0 amide bonds. The average Bonchev–Trinajstić information content (AvgIpc) is 2.75. The van der Waals surface area contributed by atoms with Crippen LogP contribution in [0.3, 0.4) is 0 Å². The van der Waals surface area contributed by atoms with Gasteiger partial charge in [0.15, 0.2) is 19.0 Å². The zero-order valence-corrected chi connectivity index (χ0v) is 16.7. The fraction of sp³-hybridized carbons (Fsp3) is 0.208. The van der Waals surface area contributed by atoms with Crippen LogP contribution in [0.15, 0.2) is 59.7 Å². The van der Waals surface area contributed by atoms with Gasteiger partial charge < -0.3 is 19.7 Å². The number of aliphatic carboxylic acids is 2. The Labute approximate surface area is 179 Å². The highest BCUT2D eigenvalue weighted by Gasteiger charge is 2.21. The van der Waals surface area contributed by atoms with Crippen LogP contribution in [0, 0.1) is 0 Å². The molecule has 0 saturated heterocycles. The number of para-hydroxylation sites is 2. The molecule has 0 radical (unpaired) electrons. The van der Waals surface area contributed by atoms with E-state index < -0.39 is 25.2 Å². The van der Waals surface area contributed by atoms with Crippen molar-refractivity contribution < 1.29 is 34.1 Å². The van der Waals surface area contributed by atoms with Gasteiger partial charge in [-0.1, -0.05) is 36.4 Å². The number of Topliss-reactive ketones (excluding diaryl/α,β-unsaturated/α-hetero) is 1. The molecule has 1 saturated carbocycles. The normalized spacial score (nSPS) is 16.3. The Morgan fingerprint density at radius 1 is 0.774 bits per heavy atom. The van der Waals surface area contributed by atoms with Crippen LogP contribution in [0.2, 0.25) is 0 Å². The van der Waals surface area contributed by atoms with Crippen LogP contribution in [0.5, 0.6) is 11.5 Å². The fourth-order valence-corrected chi connectivity index (χ4v) is 3.29. The maximum absolute atomic E-state index is 13.1. The molecule has 0 atom stereocenters. The van der Waals surface area contributed by atoms with Crippen LogP contribution in [-0.2, 0) is 14.4 Å². The third-order valence-corrected chi connectivity index (χ3v) is 4.68. The molecule has 0 unspecified atom stereocenters. The second-order valence-corrected chi connectivity index (χ2v) is 6.96. The Hall–Kier alpha value is -3.87. The van der Waals surface area contributed by atoms with Crippen molar-refractivity contribution >= 4 is 29.9 Å². The third-order valence-electron chi connectivity index (χ3n) is 4.68. The van der Waals surface area contributed by atoms with Crippen LogP contribution in [0.4, 0.5) is 0 Å².